The Bertz CT molecular complexity index is 417. The third-order valence-corrected chi connectivity index (χ3v) is 4.43. The zero-order valence-corrected chi connectivity index (χ0v) is 13.2. The molecule has 1 heterocycles. The van der Waals surface area contributed by atoms with E-state index in [0.29, 0.717) is 5.02 Å². The zero-order chi connectivity index (χ0) is 14.4. The van der Waals surface area contributed by atoms with Gasteiger partial charge in [0.25, 0.3) is 0 Å². The van der Waals surface area contributed by atoms with E-state index in [9.17, 15) is 0 Å². The number of ether oxygens (including phenoxy) is 1. The molecule has 1 aliphatic heterocycles. The van der Waals surface area contributed by atoms with Crippen molar-refractivity contribution in [3.05, 3.63) is 28.8 Å². The summed E-state index contributed by atoms with van der Waals surface area (Å²) < 4.78 is 5.19. The molecule has 0 atom stereocenters. The molecule has 1 aromatic rings. The van der Waals surface area contributed by atoms with Crippen molar-refractivity contribution in [3.8, 4) is 5.75 Å². The maximum Gasteiger partial charge on any atom is 0.137 e. The van der Waals surface area contributed by atoms with Crippen LogP contribution >= 0.6 is 11.6 Å². The number of hydrogen-bond acceptors (Lipinski definition) is 3. The molecule has 0 spiro atoms. The van der Waals surface area contributed by atoms with E-state index in [1.165, 1.54) is 37.9 Å². The fourth-order valence-electron chi connectivity index (χ4n) is 2.85. The molecular weight excluding hydrogens is 272 g/mol. The van der Waals surface area contributed by atoms with Crippen LogP contribution in [0.15, 0.2) is 18.2 Å². The van der Waals surface area contributed by atoms with Crippen molar-refractivity contribution < 1.29 is 4.74 Å². The Morgan fingerprint density at radius 3 is 2.70 bits per heavy atom. The van der Waals surface area contributed by atoms with Crippen LogP contribution in [0.4, 0.5) is 0 Å². The number of nitrogens with zero attached hydrogens (tertiary/aromatic N) is 1. The first-order valence-corrected chi connectivity index (χ1v) is 7.80. The fourth-order valence-corrected chi connectivity index (χ4v) is 3.13. The Hall–Kier alpha value is -0.770. The molecule has 0 saturated carbocycles. The lowest BCUT2D eigenvalue weighted by atomic mass is 9.93. The highest BCUT2D eigenvalue weighted by Crippen LogP contribution is 2.27. The van der Waals surface area contributed by atoms with Gasteiger partial charge in [0.1, 0.15) is 5.75 Å². The molecule has 2 rings (SSSR count). The Labute approximate surface area is 127 Å². The van der Waals surface area contributed by atoms with Crippen molar-refractivity contribution in [1.29, 1.82) is 0 Å². The van der Waals surface area contributed by atoms with Gasteiger partial charge in [0, 0.05) is 6.54 Å². The SMILES string of the molecule is CNCCC1CCN(Cc2ccc(OC)c(Cl)c2)CC1. The average molecular weight is 297 g/mol. The molecule has 0 amide bonds. The van der Waals surface area contributed by atoms with Gasteiger partial charge in [0.2, 0.25) is 0 Å². The third-order valence-electron chi connectivity index (χ3n) is 4.13. The van der Waals surface area contributed by atoms with Crippen LogP contribution in [0.25, 0.3) is 0 Å². The number of benzene rings is 1. The highest BCUT2D eigenvalue weighted by molar-refractivity contribution is 6.32. The van der Waals surface area contributed by atoms with Gasteiger partial charge >= 0.3 is 0 Å². The van der Waals surface area contributed by atoms with E-state index >= 15 is 0 Å². The molecule has 0 unspecified atom stereocenters. The van der Waals surface area contributed by atoms with E-state index in [4.69, 9.17) is 16.3 Å². The predicted molar refractivity (Wildman–Crippen MR) is 84.5 cm³/mol. The molecule has 0 aliphatic carbocycles. The van der Waals surface area contributed by atoms with Gasteiger partial charge in [-0.2, -0.15) is 0 Å². The maximum absolute atomic E-state index is 6.18. The Morgan fingerprint density at radius 1 is 1.35 bits per heavy atom. The topological polar surface area (TPSA) is 24.5 Å². The number of rotatable bonds is 6. The minimum atomic E-state index is 0.703. The van der Waals surface area contributed by atoms with Crippen LogP contribution in [-0.4, -0.2) is 38.7 Å². The van der Waals surface area contributed by atoms with Gasteiger partial charge in [-0.3, -0.25) is 4.90 Å². The molecule has 3 nitrogen and oxygen atoms in total. The molecule has 1 fully saturated rings. The predicted octanol–water partition coefficient (Wildman–Crippen LogP) is 3.17. The molecule has 1 aliphatic rings. The standard InChI is InChI=1S/C16H25ClN2O/c1-18-8-5-13-6-9-19(10-7-13)12-14-3-4-16(20-2)15(17)11-14/h3-4,11,13,18H,5-10,12H2,1-2H3. The van der Waals surface area contributed by atoms with Crippen molar-refractivity contribution in [2.75, 3.05) is 33.8 Å². The van der Waals surface area contributed by atoms with Crippen molar-refractivity contribution >= 4 is 11.6 Å². The largest absolute Gasteiger partial charge is 0.495 e. The fraction of sp³-hybridized carbons (Fsp3) is 0.625. The zero-order valence-electron chi connectivity index (χ0n) is 12.5. The molecule has 0 radical (unpaired) electrons. The first-order valence-electron chi connectivity index (χ1n) is 7.42. The average Bonchev–Trinajstić information content (AvgIpc) is 2.47. The summed E-state index contributed by atoms with van der Waals surface area (Å²) in [7, 11) is 3.68. The van der Waals surface area contributed by atoms with Crippen LogP contribution in [0.3, 0.4) is 0 Å². The lowest BCUT2D eigenvalue weighted by Crippen LogP contribution is -2.34. The van der Waals surface area contributed by atoms with Crippen LogP contribution < -0.4 is 10.1 Å². The van der Waals surface area contributed by atoms with Crippen molar-refractivity contribution in [3.63, 3.8) is 0 Å². The molecule has 4 heteroatoms. The molecule has 112 valence electrons. The number of halogens is 1. The lowest BCUT2D eigenvalue weighted by Gasteiger charge is -2.32. The number of nitrogens with one attached hydrogen (secondary N) is 1. The number of hydrogen-bond donors (Lipinski definition) is 1. The van der Waals surface area contributed by atoms with Gasteiger partial charge in [-0.05, 0) is 69.6 Å². The van der Waals surface area contributed by atoms with E-state index in [0.717, 1.165) is 24.8 Å². The smallest absolute Gasteiger partial charge is 0.137 e. The van der Waals surface area contributed by atoms with Crippen molar-refractivity contribution in [2.45, 2.75) is 25.8 Å². The van der Waals surface area contributed by atoms with Crippen molar-refractivity contribution in [2.24, 2.45) is 5.92 Å². The molecule has 0 bridgehead atoms. The van der Waals surface area contributed by atoms with Gasteiger partial charge in [0.05, 0.1) is 12.1 Å². The molecular formula is C16H25ClN2O. The summed E-state index contributed by atoms with van der Waals surface area (Å²) >= 11 is 6.18. The third kappa shape index (κ3) is 4.37. The van der Waals surface area contributed by atoms with E-state index in [2.05, 4.69) is 16.3 Å². The second kappa shape index (κ2) is 7.87. The van der Waals surface area contributed by atoms with Crippen LogP contribution in [0, 0.1) is 5.92 Å². The van der Waals surface area contributed by atoms with E-state index in [-0.39, 0.29) is 0 Å². The van der Waals surface area contributed by atoms with Crippen LogP contribution in [-0.2, 0) is 6.54 Å². The van der Waals surface area contributed by atoms with E-state index in [1.807, 2.05) is 19.2 Å². The highest BCUT2D eigenvalue weighted by atomic mass is 35.5. The summed E-state index contributed by atoms with van der Waals surface area (Å²) in [5, 5.41) is 3.95. The molecule has 0 aromatic heterocycles. The van der Waals surface area contributed by atoms with Crippen LogP contribution in [0.1, 0.15) is 24.8 Å². The number of likely N-dealkylation sites (tertiary alicyclic amines) is 1. The Kier molecular flexibility index (Phi) is 6.14. The first kappa shape index (κ1) is 15.6. The summed E-state index contributed by atoms with van der Waals surface area (Å²) in [5.41, 5.74) is 1.27. The van der Waals surface area contributed by atoms with Crippen LogP contribution in [0.2, 0.25) is 5.02 Å². The summed E-state index contributed by atoms with van der Waals surface area (Å²) in [6.45, 7) is 4.51. The first-order chi connectivity index (χ1) is 9.72. The second-order valence-corrected chi connectivity index (χ2v) is 5.99. The summed E-state index contributed by atoms with van der Waals surface area (Å²) in [6, 6.07) is 6.09. The monoisotopic (exact) mass is 296 g/mol. The minimum Gasteiger partial charge on any atom is -0.495 e. The lowest BCUT2D eigenvalue weighted by molar-refractivity contribution is 0.172. The Morgan fingerprint density at radius 2 is 2.10 bits per heavy atom. The molecule has 20 heavy (non-hydrogen) atoms. The maximum atomic E-state index is 6.18. The van der Waals surface area contributed by atoms with Crippen LogP contribution in [0.5, 0.6) is 5.75 Å². The summed E-state index contributed by atoms with van der Waals surface area (Å²) in [5.74, 6) is 1.64. The second-order valence-electron chi connectivity index (χ2n) is 5.58. The Balaban J connectivity index is 1.82. The van der Waals surface area contributed by atoms with Gasteiger partial charge in [0.15, 0.2) is 0 Å². The van der Waals surface area contributed by atoms with E-state index < -0.39 is 0 Å². The molecule has 1 saturated heterocycles. The van der Waals surface area contributed by atoms with E-state index in [1.54, 1.807) is 7.11 Å². The van der Waals surface area contributed by atoms with Gasteiger partial charge < -0.3 is 10.1 Å². The summed E-state index contributed by atoms with van der Waals surface area (Å²) in [6.07, 6.45) is 3.93. The van der Waals surface area contributed by atoms with Gasteiger partial charge in [-0.1, -0.05) is 17.7 Å². The number of methoxy groups -OCH3 is 1. The molecule has 1 N–H and O–H groups in total. The minimum absolute atomic E-state index is 0.703. The quantitative estimate of drug-likeness (QED) is 0.873. The summed E-state index contributed by atoms with van der Waals surface area (Å²) in [4.78, 5) is 2.52. The highest BCUT2D eigenvalue weighted by Gasteiger charge is 2.18. The normalized spacial score (nSPS) is 17.4. The molecule has 1 aromatic carbocycles. The number of piperidine rings is 1. The van der Waals surface area contributed by atoms with Crippen molar-refractivity contribution in [1.82, 2.24) is 10.2 Å². The van der Waals surface area contributed by atoms with Gasteiger partial charge in [-0.15, -0.1) is 0 Å². The van der Waals surface area contributed by atoms with Gasteiger partial charge in [-0.25, -0.2) is 0 Å².